The first kappa shape index (κ1) is 19.2. The van der Waals surface area contributed by atoms with Gasteiger partial charge in [-0.25, -0.2) is 0 Å². The van der Waals surface area contributed by atoms with E-state index in [2.05, 4.69) is 71.0 Å². The number of allylic oxidation sites excluding steroid dienone is 1. The summed E-state index contributed by atoms with van der Waals surface area (Å²) in [5.41, 5.74) is 2.64. The third-order valence-corrected chi connectivity index (χ3v) is 9.43. The Labute approximate surface area is 138 Å². The third-order valence-electron chi connectivity index (χ3n) is 4.46. The molecule has 1 nitrogen and oxygen atoms in total. The minimum absolute atomic E-state index is 0.141. The van der Waals surface area contributed by atoms with Crippen LogP contribution < -0.4 is 0 Å². The Morgan fingerprint density at radius 1 is 1.00 bits per heavy atom. The topological polar surface area (TPSA) is 9.23 Å². The van der Waals surface area contributed by atoms with Crippen LogP contribution in [0.1, 0.15) is 65.5 Å². The van der Waals surface area contributed by atoms with Gasteiger partial charge in [-0.1, -0.05) is 76.4 Å². The van der Waals surface area contributed by atoms with E-state index in [-0.39, 0.29) is 6.10 Å². The van der Waals surface area contributed by atoms with Gasteiger partial charge in [0.15, 0.2) is 8.32 Å². The molecule has 0 radical (unpaired) electrons. The fraction of sp³-hybridized carbons (Fsp3) is 0.600. The van der Waals surface area contributed by atoms with Crippen LogP contribution in [-0.4, -0.2) is 8.32 Å². The van der Waals surface area contributed by atoms with Gasteiger partial charge in [-0.3, -0.25) is 0 Å². The van der Waals surface area contributed by atoms with Gasteiger partial charge in [-0.2, -0.15) is 0 Å². The second-order valence-corrected chi connectivity index (χ2v) is 10.5. The van der Waals surface area contributed by atoms with Crippen LogP contribution in [0.2, 0.25) is 18.1 Å². The zero-order valence-electron chi connectivity index (χ0n) is 15.2. The van der Waals surface area contributed by atoms with Gasteiger partial charge in [-0.15, -0.1) is 0 Å². The zero-order valence-corrected chi connectivity index (χ0v) is 16.2. The van der Waals surface area contributed by atoms with E-state index in [4.69, 9.17) is 4.43 Å². The van der Waals surface area contributed by atoms with Crippen molar-refractivity contribution >= 4 is 8.32 Å². The molecule has 0 saturated carbocycles. The maximum absolute atomic E-state index is 6.97. The summed E-state index contributed by atoms with van der Waals surface area (Å²) in [6, 6.07) is 14.6. The van der Waals surface area contributed by atoms with Crippen LogP contribution in [0.15, 0.2) is 42.0 Å². The van der Waals surface area contributed by atoms with Gasteiger partial charge < -0.3 is 4.43 Å². The van der Waals surface area contributed by atoms with Crippen LogP contribution in [0.4, 0.5) is 0 Å². The maximum Gasteiger partial charge on any atom is 0.194 e. The van der Waals surface area contributed by atoms with E-state index in [0.717, 1.165) is 0 Å². The summed E-state index contributed by atoms with van der Waals surface area (Å²) < 4.78 is 6.97. The molecule has 0 aliphatic carbocycles. The Kier molecular flexibility index (Phi) is 8.73. The SMILES string of the molecule is C/C=C(\C)C(O[Si](CCC)(CCC)CCC)c1ccccc1. The van der Waals surface area contributed by atoms with E-state index in [1.807, 2.05) is 0 Å². The summed E-state index contributed by atoms with van der Waals surface area (Å²) in [5, 5.41) is 0. The molecular formula is C20H34OSi. The van der Waals surface area contributed by atoms with Gasteiger partial charge in [0.2, 0.25) is 0 Å². The van der Waals surface area contributed by atoms with Gasteiger partial charge >= 0.3 is 0 Å². The molecule has 1 atom stereocenters. The predicted molar refractivity (Wildman–Crippen MR) is 101 cm³/mol. The molecule has 0 heterocycles. The summed E-state index contributed by atoms with van der Waals surface area (Å²) in [4.78, 5) is 0. The molecule has 0 spiro atoms. The number of hydrogen-bond donors (Lipinski definition) is 0. The summed E-state index contributed by atoms with van der Waals surface area (Å²) in [6.07, 6.45) is 6.07. The van der Waals surface area contributed by atoms with E-state index in [1.54, 1.807) is 0 Å². The van der Waals surface area contributed by atoms with Crippen molar-refractivity contribution in [1.82, 2.24) is 0 Å². The molecule has 0 aromatic heterocycles. The van der Waals surface area contributed by atoms with Gasteiger partial charge in [0.05, 0.1) is 6.10 Å². The second-order valence-electron chi connectivity index (χ2n) is 6.37. The average molecular weight is 319 g/mol. The molecule has 0 N–H and O–H groups in total. The molecule has 0 aliphatic heterocycles. The summed E-state index contributed by atoms with van der Waals surface area (Å²) >= 11 is 0. The van der Waals surface area contributed by atoms with Crippen molar-refractivity contribution in [2.45, 2.75) is 78.1 Å². The van der Waals surface area contributed by atoms with Gasteiger partial charge in [0.25, 0.3) is 0 Å². The van der Waals surface area contributed by atoms with Crippen molar-refractivity contribution in [2.24, 2.45) is 0 Å². The van der Waals surface area contributed by atoms with Crippen molar-refractivity contribution in [3.63, 3.8) is 0 Å². The maximum atomic E-state index is 6.97. The zero-order chi connectivity index (χ0) is 16.4. The molecule has 1 rings (SSSR count). The molecule has 2 heteroatoms. The fourth-order valence-corrected chi connectivity index (χ4v) is 8.03. The lowest BCUT2D eigenvalue weighted by Gasteiger charge is -2.36. The van der Waals surface area contributed by atoms with E-state index >= 15 is 0 Å². The van der Waals surface area contributed by atoms with E-state index in [9.17, 15) is 0 Å². The van der Waals surface area contributed by atoms with E-state index in [1.165, 1.54) is 48.5 Å². The number of rotatable bonds is 10. The summed E-state index contributed by atoms with van der Waals surface area (Å²) in [7, 11) is -1.66. The molecular weight excluding hydrogens is 284 g/mol. The highest BCUT2D eigenvalue weighted by atomic mass is 28.4. The monoisotopic (exact) mass is 318 g/mol. The molecule has 1 aromatic rings. The first-order valence-corrected chi connectivity index (χ1v) is 11.5. The largest absolute Gasteiger partial charge is 0.406 e. The Bertz CT molecular complexity index is 421. The van der Waals surface area contributed by atoms with Crippen LogP contribution >= 0.6 is 0 Å². The molecule has 0 fully saturated rings. The highest BCUT2D eigenvalue weighted by Crippen LogP contribution is 2.36. The highest BCUT2D eigenvalue weighted by Gasteiger charge is 2.35. The molecule has 124 valence electrons. The van der Waals surface area contributed by atoms with Crippen molar-refractivity contribution in [3.05, 3.63) is 47.5 Å². The Morgan fingerprint density at radius 2 is 1.50 bits per heavy atom. The first-order valence-electron chi connectivity index (χ1n) is 8.98. The van der Waals surface area contributed by atoms with Crippen LogP contribution in [0.3, 0.4) is 0 Å². The minimum Gasteiger partial charge on any atom is -0.406 e. The molecule has 0 saturated heterocycles. The van der Waals surface area contributed by atoms with Crippen molar-refractivity contribution < 1.29 is 4.43 Å². The second kappa shape index (κ2) is 10.0. The van der Waals surface area contributed by atoms with Gasteiger partial charge in [-0.05, 0) is 43.1 Å². The molecule has 0 bridgehead atoms. The lowest BCUT2D eigenvalue weighted by Crippen LogP contribution is -2.39. The van der Waals surface area contributed by atoms with Crippen molar-refractivity contribution in [3.8, 4) is 0 Å². The quantitative estimate of drug-likeness (QED) is 0.337. The van der Waals surface area contributed by atoms with Crippen LogP contribution in [0, 0.1) is 0 Å². The third kappa shape index (κ3) is 5.40. The Hall–Kier alpha value is -0.863. The standard InChI is InChI=1S/C20H34OSi/c1-6-15-22(16-7-2,17-8-3)21-20(18(5)9-4)19-13-11-10-12-14-19/h9-14,20H,6-8,15-17H2,1-5H3/b18-9+. The molecule has 22 heavy (non-hydrogen) atoms. The molecule has 0 amide bonds. The summed E-state index contributed by atoms with van der Waals surface area (Å²) in [5.74, 6) is 0. The van der Waals surface area contributed by atoms with Crippen LogP contribution in [-0.2, 0) is 4.43 Å². The number of hydrogen-bond acceptors (Lipinski definition) is 1. The van der Waals surface area contributed by atoms with Gasteiger partial charge in [0.1, 0.15) is 0 Å². The Morgan fingerprint density at radius 3 is 1.91 bits per heavy atom. The average Bonchev–Trinajstić information content (AvgIpc) is 2.53. The Balaban J connectivity index is 3.12. The normalized spacial score (nSPS) is 14.1. The van der Waals surface area contributed by atoms with E-state index in [0.29, 0.717) is 0 Å². The van der Waals surface area contributed by atoms with Crippen LogP contribution in [0.5, 0.6) is 0 Å². The first-order chi connectivity index (χ1) is 10.6. The lowest BCUT2D eigenvalue weighted by molar-refractivity contribution is 0.222. The molecule has 1 unspecified atom stereocenters. The molecule has 0 aliphatic rings. The van der Waals surface area contributed by atoms with Crippen molar-refractivity contribution in [1.29, 1.82) is 0 Å². The highest BCUT2D eigenvalue weighted by molar-refractivity contribution is 6.73. The molecule has 1 aromatic carbocycles. The van der Waals surface area contributed by atoms with Gasteiger partial charge in [0, 0.05) is 0 Å². The van der Waals surface area contributed by atoms with Crippen molar-refractivity contribution in [2.75, 3.05) is 0 Å². The lowest BCUT2D eigenvalue weighted by atomic mass is 10.0. The smallest absolute Gasteiger partial charge is 0.194 e. The van der Waals surface area contributed by atoms with Crippen LogP contribution in [0.25, 0.3) is 0 Å². The minimum atomic E-state index is -1.66. The fourth-order valence-electron chi connectivity index (χ4n) is 3.37. The number of benzene rings is 1. The van der Waals surface area contributed by atoms with E-state index < -0.39 is 8.32 Å². The predicted octanol–water partition coefficient (Wildman–Crippen LogP) is 6.89. The summed E-state index contributed by atoms with van der Waals surface area (Å²) in [6.45, 7) is 11.2.